The number of fused-ring (bicyclic) bond motifs is 1. The van der Waals surface area contributed by atoms with Crippen LogP contribution < -0.4 is 14.8 Å². The van der Waals surface area contributed by atoms with E-state index >= 15 is 0 Å². The zero-order chi connectivity index (χ0) is 20.2. The molecule has 0 amide bonds. The van der Waals surface area contributed by atoms with E-state index in [1.807, 2.05) is 30.3 Å². The van der Waals surface area contributed by atoms with Crippen LogP contribution in [0.15, 0.2) is 48.8 Å². The molecular weight excluding hydrogens is 364 g/mol. The Morgan fingerprint density at radius 1 is 1.10 bits per heavy atom. The number of anilines is 1. The van der Waals surface area contributed by atoms with Crippen molar-refractivity contribution in [3.63, 3.8) is 0 Å². The van der Waals surface area contributed by atoms with E-state index in [-0.39, 0.29) is 12.1 Å². The molecule has 2 heterocycles. The van der Waals surface area contributed by atoms with Crippen molar-refractivity contribution >= 4 is 16.7 Å². The van der Waals surface area contributed by atoms with Crippen LogP contribution in [0.5, 0.6) is 11.5 Å². The van der Waals surface area contributed by atoms with Gasteiger partial charge in [-0.2, -0.15) is 0 Å². The lowest BCUT2D eigenvalue weighted by Gasteiger charge is -2.30. The zero-order valence-corrected chi connectivity index (χ0v) is 17.3. The molecule has 1 N–H and O–H groups in total. The highest BCUT2D eigenvalue weighted by Gasteiger charge is 2.21. The first-order valence-corrected chi connectivity index (χ1v) is 10.1. The zero-order valence-electron chi connectivity index (χ0n) is 17.3. The van der Waals surface area contributed by atoms with Crippen LogP contribution in [-0.4, -0.2) is 48.2 Å². The summed E-state index contributed by atoms with van der Waals surface area (Å²) in [5, 5.41) is 4.44. The summed E-state index contributed by atoms with van der Waals surface area (Å²) in [5.74, 6) is 2.29. The van der Waals surface area contributed by atoms with Gasteiger partial charge in [0, 0.05) is 31.3 Å². The molecule has 2 aromatic carbocycles. The van der Waals surface area contributed by atoms with Crippen LogP contribution in [0, 0.1) is 0 Å². The van der Waals surface area contributed by atoms with Gasteiger partial charge in [-0.3, -0.25) is 0 Å². The normalized spacial score (nSPS) is 16.5. The average molecular weight is 393 g/mol. The first-order valence-electron chi connectivity index (χ1n) is 10.1. The number of methoxy groups -OCH3 is 1. The van der Waals surface area contributed by atoms with Crippen molar-refractivity contribution in [1.82, 2.24) is 14.9 Å². The van der Waals surface area contributed by atoms with E-state index in [9.17, 15) is 0 Å². The molecule has 1 atom stereocenters. The number of nitrogens with one attached hydrogen (secondary N) is 1. The SMILES string of the molecule is COc1cc(OC2CCN(C)CC2)c2c(NC(C)c3ccccc3)ncnc2c1. The van der Waals surface area contributed by atoms with E-state index in [4.69, 9.17) is 9.47 Å². The highest BCUT2D eigenvalue weighted by molar-refractivity contribution is 5.95. The van der Waals surface area contributed by atoms with Crippen LogP contribution in [0.3, 0.4) is 0 Å². The van der Waals surface area contributed by atoms with Gasteiger partial charge in [0.25, 0.3) is 0 Å². The van der Waals surface area contributed by atoms with Crippen molar-refractivity contribution in [3.05, 3.63) is 54.4 Å². The Morgan fingerprint density at radius 2 is 1.86 bits per heavy atom. The summed E-state index contributed by atoms with van der Waals surface area (Å²) in [5.41, 5.74) is 2.01. The molecule has 1 aliphatic heterocycles. The molecule has 0 bridgehead atoms. The third-order valence-corrected chi connectivity index (χ3v) is 5.52. The first-order chi connectivity index (χ1) is 14.1. The fourth-order valence-corrected chi connectivity index (χ4v) is 3.76. The van der Waals surface area contributed by atoms with Crippen molar-refractivity contribution in [1.29, 1.82) is 0 Å². The number of rotatable bonds is 6. The summed E-state index contributed by atoms with van der Waals surface area (Å²) >= 11 is 0. The molecule has 0 spiro atoms. The van der Waals surface area contributed by atoms with Crippen LogP contribution in [0.4, 0.5) is 5.82 Å². The number of benzene rings is 2. The maximum Gasteiger partial charge on any atom is 0.141 e. The second kappa shape index (κ2) is 8.66. The Morgan fingerprint density at radius 3 is 2.59 bits per heavy atom. The molecule has 3 aromatic rings. The van der Waals surface area contributed by atoms with Gasteiger partial charge < -0.3 is 19.7 Å². The summed E-state index contributed by atoms with van der Waals surface area (Å²) in [6.45, 7) is 4.21. The molecule has 6 heteroatoms. The fourth-order valence-electron chi connectivity index (χ4n) is 3.76. The predicted octanol–water partition coefficient (Wildman–Crippen LogP) is 4.28. The molecule has 1 saturated heterocycles. The largest absolute Gasteiger partial charge is 0.497 e. The molecule has 1 aliphatic rings. The molecular formula is C23H28N4O2. The maximum atomic E-state index is 6.46. The molecule has 1 fully saturated rings. The molecule has 6 nitrogen and oxygen atoms in total. The number of nitrogens with zero attached hydrogens (tertiary/aromatic N) is 3. The maximum absolute atomic E-state index is 6.46. The van der Waals surface area contributed by atoms with E-state index in [2.05, 4.69) is 46.3 Å². The van der Waals surface area contributed by atoms with Crippen LogP contribution in [0.1, 0.15) is 31.4 Å². The quantitative estimate of drug-likeness (QED) is 0.675. The molecule has 0 radical (unpaired) electrons. The van der Waals surface area contributed by atoms with Crippen LogP contribution in [-0.2, 0) is 0 Å². The summed E-state index contributed by atoms with van der Waals surface area (Å²) in [7, 11) is 3.82. The smallest absolute Gasteiger partial charge is 0.141 e. The standard InChI is InChI=1S/C23H28N4O2/c1-16(17-7-5-4-6-8-17)26-23-22-20(24-15-25-23)13-19(28-3)14-21(22)29-18-9-11-27(2)12-10-18/h4-8,13-16,18H,9-12H2,1-3H3,(H,24,25,26). The molecule has 152 valence electrons. The highest BCUT2D eigenvalue weighted by Crippen LogP contribution is 2.36. The molecule has 4 rings (SSSR count). The van der Waals surface area contributed by atoms with Gasteiger partial charge in [0.2, 0.25) is 0 Å². The Balaban J connectivity index is 1.69. The third-order valence-electron chi connectivity index (χ3n) is 5.52. The van der Waals surface area contributed by atoms with Crippen molar-refractivity contribution < 1.29 is 9.47 Å². The van der Waals surface area contributed by atoms with Crippen LogP contribution in [0.2, 0.25) is 0 Å². The van der Waals surface area contributed by atoms with Gasteiger partial charge in [-0.25, -0.2) is 9.97 Å². The minimum absolute atomic E-state index is 0.104. The number of hydrogen-bond acceptors (Lipinski definition) is 6. The van der Waals surface area contributed by atoms with Gasteiger partial charge in [-0.1, -0.05) is 30.3 Å². The number of hydrogen-bond donors (Lipinski definition) is 1. The van der Waals surface area contributed by atoms with Gasteiger partial charge in [-0.15, -0.1) is 0 Å². The van der Waals surface area contributed by atoms with Gasteiger partial charge >= 0.3 is 0 Å². The number of piperidine rings is 1. The fraction of sp³-hybridized carbons (Fsp3) is 0.391. The molecule has 1 aromatic heterocycles. The first kappa shape index (κ1) is 19.5. The molecule has 0 aliphatic carbocycles. The van der Waals surface area contributed by atoms with Gasteiger partial charge in [0.05, 0.1) is 18.0 Å². The predicted molar refractivity (Wildman–Crippen MR) is 116 cm³/mol. The third kappa shape index (κ3) is 4.43. The highest BCUT2D eigenvalue weighted by atomic mass is 16.5. The van der Waals surface area contributed by atoms with Crippen molar-refractivity contribution in [3.8, 4) is 11.5 Å². The van der Waals surface area contributed by atoms with E-state index in [0.29, 0.717) is 0 Å². The lowest BCUT2D eigenvalue weighted by atomic mass is 10.1. The van der Waals surface area contributed by atoms with Crippen molar-refractivity contribution in [2.24, 2.45) is 0 Å². The van der Waals surface area contributed by atoms with Crippen LogP contribution >= 0.6 is 0 Å². The van der Waals surface area contributed by atoms with E-state index in [1.165, 1.54) is 5.56 Å². The topological polar surface area (TPSA) is 59.5 Å². The Kier molecular flexibility index (Phi) is 5.81. The molecule has 29 heavy (non-hydrogen) atoms. The summed E-state index contributed by atoms with van der Waals surface area (Å²) < 4.78 is 12.0. The summed E-state index contributed by atoms with van der Waals surface area (Å²) in [6, 6.07) is 14.3. The van der Waals surface area contributed by atoms with Gasteiger partial charge in [-0.05, 0) is 32.4 Å². The second-order valence-electron chi connectivity index (χ2n) is 7.64. The number of aromatic nitrogens is 2. The Hall–Kier alpha value is -2.86. The monoisotopic (exact) mass is 392 g/mol. The van der Waals surface area contributed by atoms with E-state index < -0.39 is 0 Å². The number of likely N-dealkylation sites (tertiary alicyclic amines) is 1. The van der Waals surface area contributed by atoms with Gasteiger partial charge in [0.1, 0.15) is 29.7 Å². The van der Waals surface area contributed by atoms with Crippen LogP contribution in [0.25, 0.3) is 10.9 Å². The Labute approximate surface area is 171 Å². The summed E-state index contributed by atoms with van der Waals surface area (Å²) in [6.07, 6.45) is 3.78. The molecule has 0 saturated carbocycles. The van der Waals surface area contributed by atoms with Crippen molar-refractivity contribution in [2.75, 3.05) is 32.6 Å². The second-order valence-corrected chi connectivity index (χ2v) is 7.64. The number of ether oxygens (including phenoxy) is 2. The van der Waals surface area contributed by atoms with Crippen molar-refractivity contribution in [2.45, 2.75) is 31.9 Å². The lowest BCUT2D eigenvalue weighted by molar-refractivity contribution is 0.115. The van der Waals surface area contributed by atoms with E-state index in [0.717, 1.165) is 54.2 Å². The minimum atomic E-state index is 0.104. The molecule has 1 unspecified atom stereocenters. The van der Waals surface area contributed by atoms with Gasteiger partial charge in [0.15, 0.2) is 0 Å². The summed E-state index contributed by atoms with van der Waals surface area (Å²) in [4.78, 5) is 11.4. The van der Waals surface area contributed by atoms with E-state index in [1.54, 1.807) is 13.4 Å². The average Bonchev–Trinajstić information content (AvgIpc) is 2.75. The lowest BCUT2D eigenvalue weighted by Crippen LogP contribution is -2.35. The Bertz CT molecular complexity index is 956. The minimum Gasteiger partial charge on any atom is -0.497 e.